The van der Waals surface area contributed by atoms with Gasteiger partial charge in [-0.1, -0.05) is 33.8 Å². The Balaban J connectivity index is 1.22. The normalized spacial score (nSPS) is 29.9. The Morgan fingerprint density at radius 1 is 0.688 bits per heavy atom. The molecule has 0 spiro atoms. The molecule has 6 aliphatic carbocycles. The molecule has 0 amide bonds. The van der Waals surface area contributed by atoms with E-state index >= 15 is 0 Å². The van der Waals surface area contributed by atoms with Crippen LogP contribution in [0.5, 0.6) is 0 Å². The van der Waals surface area contributed by atoms with E-state index in [0.717, 1.165) is 34.6 Å². The first kappa shape index (κ1) is 19.0. The van der Waals surface area contributed by atoms with E-state index in [2.05, 4.69) is 70.4 Å². The summed E-state index contributed by atoms with van der Waals surface area (Å²) in [6.45, 7) is 9.68. The van der Waals surface area contributed by atoms with Crippen molar-refractivity contribution in [3.63, 3.8) is 0 Å². The molecule has 4 bridgehead atoms. The highest BCUT2D eigenvalue weighted by molar-refractivity contribution is 5.64. The monoisotopic (exact) mass is 421 g/mol. The van der Waals surface area contributed by atoms with Crippen LogP contribution in [0.3, 0.4) is 0 Å². The molecule has 1 unspecified atom stereocenters. The lowest BCUT2D eigenvalue weighted by Crippen LogP contribution is -2.48. The van der Waals surface area contributed by atoms with Crippen molar-refractivity contribution in [1.82, 2.24) is 15.0 Å². The van der Waals surface area contributed by atoms with Crippen LogP contribution in [-0.4, -0.2) is 15.0 Å². The molecule has 3 aromatic heterocycles. The summed E-state index contributed by atoms with van der Waals surface area (Å²) in [6.07, 6.45) is 9.28. The standard InChI is InChI=1S/C29H31N3/c1-28(2)18-8-16-10-26(30-14-20(16)22(28)12-18)24-6-5-7-25(32-24)27-11-17-9-19-13-23(29(19,3)4)21(17)15-31-27/h5-7,10-11,14-15,18-19,22-23H,8-9,12-13H2,1-4H3/t18-,19-,22-,23?/m0/s1. The molecule has 32 heavy (non-hydrogen) atoms. The van der Waals surface area contributed by atoms with Gasteiger partial charge in [0.1, 0.15) is 0 Å². The van der Waals surface area contributed by atoms with Gasteiger partial charge in [0, 0.05) is 12.4 Å². The van der Waals surface area contributed by atoms with Gasteiger partial charge in [0.25, 0.3) is 0 Å². The highest BCUT2D eigenvalue weighted by Gasteiger charge is 2.53. The number of nitrogens with zero attached hydrogens (tertiary/aromatic N) is 3. The van der Waals surface area contributed by atoms with Gasteiger partial charge in [-0.05, 0) is 107 Å². The molecule has 3 nitrogen and oxygen atoms in total. The second kappa shape index (κ2) is 6.07. The summed E-state index contributed by atoms with van der Waals surface area (Å²) in [5.41, 5.74) is 10.7. The highest BCUT2D eigenvalue weighted by atomic mass is 14.8. The zero-order valence-electron chi connectivity index (χ0n) is 19.5. The first-order chi connectivity index (χ1) is 15.3. The molecule has 0 N–H and O–H groups in total. The maximum Gasteiger partial charge on any atom is 0.0894 e. The van der Waals surface area contributed by atoms with E-state index in [1.807, 2.05) is 0 Å². The second-order valence-electron chi connectivity index (χ2n) is 12.0. The molecule has 0 aliphatic heterocycles. The van der Waals surface area contributed by atoms with Crippen LogP contribution in [0.15, 0.2) is 42.7 Å². The van der Waals surface area contributed by atoms with Crippen molar-refractivity contribution in [3.8, 4) is 22.8 Å². The molecule has 162 valence electrons. The van der Waals surface area contributed by atoms with Gasteiger partial charge in [-0.25, -0.2) is 4.98 Å². The quantitative estimate of drug-likeness (QED) is 0.469. The lowest BCUT2D eigenvalue weighted by atomic mass is 9.47. The molecule has 6 aliphatic rings. The Hall–Kier alpha value is -2.55. The molecule has 2 fully saturated rings. The molecule has 3 heteroatoms. The van der Waals surface area contributed by atoms with Crippen molar-refractivity contribution in [2.45, 2.75) is 65.2 Å². The van der Waals surface area contributed by atoms with Crippen molar-refractivity contribution in [1.29, 1.82) is 0 Å². The second-order valence-corrected chi connectivity index (χ2v) is 12.0. The molecule has 4 atom stereocenters. The summed E-state index contributed by atoms with van der Waals surface area (Å²) in [5.74, 6) is 2.97. The van der Waals surface area contributed by atoms with Gasteiger partial charge in [-0.15, -0.1) is 0 Å². The van der Waals surface area contributed by atoms with E-state index in [4.69, 9.17) is 15.0 Å². The van der Waals surface area contributed by atoms with Crippen molar-refractivity contribution < 1.29 is 0 Å². The average Bonchev–Trinajstić information content (AvgIpc) is 2.82. The highest BCUT2D eigenvalue weighted by Crippen LogP contribution is 2.63. The van der Waals surface area contributed by atoms with Crippen LogP contribution in [-0.2, 0) is 12.8 Å². The SMILES string of the molecule is CC1(C)C2C[C@@H]1Cc1cc(-c3cccc(-c4cc5c(cn4)[C@@H]4C[C@H](C5)C4(C)C)n3)ncc12. The Bertz CT molecular complexity index is 1180. The van der Waals surface area contributed by atoms with Crippen molar-refractivity contribution >= 4 is 0 Å². The van der Waals surface area contributed by atoms with Crippen LogP contribution < -0.4 is 0 Å². The van der Waals surface area contributed by atoms with Crippen LogP contribution in [0.2, 0.25) is 0 Å². The summed E-state index contributed by atoms with van der Waals surface area (Å²) in [6, 6.07) is 10.9. The third-order valence-corrected chi connectivity index (χ3v) is 9.95. The summed E-state index contributed by atoms with van der Waals surface area (Å²) in [7, 11) is 0. The predicted octanol–water partition coefficient (Wildman–Crippen LogP) is 6.58. The Morgan fingerprint density at radius 2 is 1.16 bits per heavy atom. The van der Waals surface area contributed by atoms with E-state index in [-0.39, 0.29) is 0 Å². The van der Waals surface area contributed by atoms with Gasteiger partial charge < -0.3 is 0 Å². The van der Waals surface area contributed by atoms with E-state index in [1.54, 1.807) is 0 Å². The number of aromatic nitrogens is 3. The van der Waals surface area contributed by atoms with Crippen molar-refractivity contribution in [2.24, 2.45) is 22.7 Å². The van der Waals surface area contributed by atoms with Gasteiger partial charge in [-0.3, -0.25) is 9.97 Å². The van der Waals surface area contributed by atoms with Crippen molar-refractivity contribution in [2.75, 3.05) is 0 Å². The van der Waals surface area contributed by atoms with Gasteiger partial charge in [0.05, 0.1) is 22.8 Å². The lowest BCUT2D eigenvalue weighted by Gasteiger charge is -2.57. The molecule has 0 aromatic carbocycles. The zero-order chi connectivity index (χ0) is 21.8. The van der Waals surface area contributed by atoms with Gasteiger partial charge in [-0.2, -0.15) is 0 Å². The van der Waals surface area contributed by atoms with E-state index in [9.17, 15) is 0 Å². The van der Waals surface area contributed by atoms with Gasteiger partial charge >= 0.3 is 0 Å². The third kappa shape index (κ3) is 2.40. The fourth-order valence-corrected chi connectivity index (χ4v) is 7.31. The summed E-state index contributed by atoms with van der Waals surface area (Å²) in [4.78, 5) is 14.7. The van der Waals surface area contributed by atoms with Crippen molar-refractivity contribution in [3.05, 3.63) is 65.0 Å². The van der Waals surface area contributed by atoms with Gasteiger partial charge in [0.15, 0.2) is 0 Å². The number of pyridine rings is 3. The van der Waals surface area contributed by atoms with Gasteiger partial charge in [0.2, 0.25) is 0 Å². The average molecular weight is 422 g/mol. The fraction of sp³-hybridized carbons (Fsp3) is 0.483. The molecule has 3 heterocycles. The number of hydrogen-bond acceptors (Lipinski definition) is 3. The first-order valence-electron chi connectivity index (χ1n) is 12.3. The van der Waals surface area contributed by atoms with E-state index in [0.29, 0.717) is 22.7 Å². The van der Waals surface area contributed by atoms with Crippen LogP contribution in [0.1, 0.15) is 74.6 Å². The molecular weight excluding hydrogens is 390 g/mol. The van der Waals surface area contributed by atoms with Crippen LogP contribution >= 0.6 is 0 Å². The summed E-state index contributed by atoms with van der Waals surface area (Å²) in [5, 5.41) is 0. The van der Waals surface area contributed by atoms with E-state index in [1.165, 1.54) is 47.9 Å². The van der Waals surface area contributed by atoms with Crippen LogP contribution in [0.4, 0.5) is 0 Å². The fourth-order valence-electron chi connectivity index (χ4n) is 7.31. The molecule has 2 saturated carbocycles. The minimum absolute atomic E-state index is 0.433. The largest absolute Gasteiger partial charge is 0.254 e. The van der Waals surface area contributed by atoms with E-state index < -0.39 is 0 Å². The maximum absolute atomic E-state index is 5.00. The Kier molecular flexibility index (Phi) is 3.60. The topological polar surface area (TPSA) is 38.7 Å². The number of hydrogen-bond donors (Lipinski definition) is 0. The number of rotatable bonds is 2. The minimum atomic E-state index is 0.433. The maximum atomic E-state index is 5.00. The van der Waals surface area contributed by atoms with Crippen LogP contribution in [0, 0.1) is 22.7 Å². The molecular formula is C29H31N3. The smallest absolute Gasteiger partial charge is 0.0894 e. The minimum Gasteiger partial charge on any atom is -0.254 e. The lowest BCUT2D eigenvalue weighted by molar-refractivity contribution is 0.0183. The molecule has 0 radical (unpaired) electrons. The van der Waals surface area contributed by atoms with Crippen LogP contribution in [0.25, 0.3) is 22.8 Å². The molecule has 3 aromatic rings. The molecule has 9 rings (SSSR count). The summed E-state index contributed by atoms with van der Waals surface area (Å²) >= 11 is 0. The molecule has 0 saturated heterocycles. The Labute approximate surface area is 190 Å². The summed E-state index contributed by atoms with van der Waals surface area (Å²) < 4.78 is 0. The zero-order valence-corrected chi connectivity index (χ0v) is 19.5. The Morgan fingerprint density at radius 3 is 1.59 bits per heavy atom. The third-order valence-electron chi connectivity index (χ3n) is 9.95. The predicted molar refractivity (Wildman–Crippen MR) is 127 cm³/mol. The first-order valence-corrected chi connectivity index (χ1v) is 12.3.